The van der Waals surface area contributed by atoms with Gasteiger partial charge in [-0.3, -0.25) is 0 Å². The number of rotatable bonds is 3. The Balaban J connectivity index is 2.55. The molecule has 0 aliphatic heterocycles. The van der Waals surface area contributed by atoms with Crippen LogP contribution in [0.2, 0.25) is 10.0 Å². The molecule has 0 N–H and O–H groups in total. The maximum Gasteiger partial charge on any atom is 0.170 e. The third kappa shape index (κ3) is 2.18. The van der Waals surface area contributed by atoms with Crippen molar-refractivity contribution in [1.82, 2.24) is 9.55 Å². The van der Waals surface area contributed by atoms with E-state index in [9.17, 15) is 0 Å². The lowest BCUT2D eigenvalue weighted by Crippen LogP contribution is -2.32. The Kier molecular flexibility index (Phi) is 3.43. The first kappa shape index (κ1) is 12.4. The van der Waals surface area contributed by atoms with Crippen LogP contribution in [0.5, 0.6) is 0 Å². The molecule has 0 radical (unpaired) electrons. The lowest BCUT2D eigenvalue weighted by molar-refractivity contribution is -0.0245. The van der Waals surface area contributed by atoms with Crippen molar-refractivity contribution >= 4 is 23.2 Å². The fourth-order valence-electron chi connectivity index (χ4n) is 1.73. The first-order valence-corrected chi connectivity index (χ1v) is 5.82. The third-order valence-corrected chi connectivity index (χ3v) is 3.37. The summed E-state index contributed by atoms with van der Waals surface area (Å²) in [6, 6.07) is 5.35. The molecule has 0 spiro atoms. The minimum Gasteiger partial charge on any atom is -0.354 e. The van der Waals surface area contributed by atoms with Crippen LogP contribution in [0.3, 0.4) is 0 Å². The third-order valence-electron chi connectivity index (χ3n) is 2.83. The summed E-state index contributed by atoms with van der Waals surface area (Å²) in [4.78, 5) is 4.02. The van der Waals surface area contributed by atoms with E-state index >= 15 is 0 Å². The zero-order valence-corrected chi connectivity index (χ0v) is 11.0. The Hall–Kier alpha value is -1.03. The van der Waals surface area contributed by atoms with Crippen LogP contribution in [0.25, 0.3) is 0 Å². The minimum atomic E-state index is -0.696. The topological polar surface area (TPSA) is 27.1 Å². The van der Waals surface area contributed by atoms with Gasteiger partial charge >= 0.3 is 0 Å². The molecule has 0 aliphatic rings. The molecule has 1 heterocycles. The van der Waals surface area contributed by atoms with Gasteiger partial charge in [0.1, 0.15) is 0 Å². The fraction of sp³-hybridized carbons (Fsp3) is 0.250. The zero-order chi connectivity index (χ0) is 12.5. The number of ether oxygens (including phenoxy) is 1. The van der Waals surface area contributed by atoms with E-state index in [1.54, 1.807) is 31.8 Å². The molecule has 0 fully saturated rings. The number of benzene rings is 1. The van der Waals surface area contributed by atoms with Gasteiger partial charge in [0, 0.05) is 30.1 Å². The van der Waals surface area contributed by atoms with Gasteiger partial charge < -0.3 is 9.30 Å². The van der Waals surface area contributed by atoms with Crippen molar-refractivity contribution < 1.29 is 4.74 Å². The summed E-state index contributed by atoms with van der Waals surface area (Å²) >= 11 is 12.1. The summed E-state index contributed by atoms with van der Waals surface area (Å²) in [5.41, 5.74) is 0.141. The monoisotopic (exact) mass is 270 g/mol. The summed E-state index contributed by atoms with van der Waals surface area (Å²) in [5, 5.41) is 1.17. The molecule has 0 saturated heterocycles. The fourth-order valence-corrected chi connectivity index (χ4v) is 2.32. The molecule has 1 aromatic carbocycles. The Labute approximate surface area is 110 Å². The number of aromatic nitrogens is 2. The predicted molar refractivity (Wildman–Crippen MR) is 68.4 cm³/mol. The second-order valence-corrected chi connectivity index (χ2v) is 4.62. The molecule has 3 nitrogen and oxygen atoms in total. The smallest absolute Gasteiger partial charge is 0.170 e. The Morgan fingerprint density at radius 2 is 2.12 bits per heavy atom. The van der Waals surface area contributed by atoms with Crippen LogP contribution in [0, 0.1) is 0 Å². The summed E-state index contributed by atoms with van der Waals surface area (Å²) in [5.74, 6) is 0. The normalized spacial score (nSPS) is 14.6. The molecule has 0 bridgehead atoms. The van der Waals surface area contributed by atoms with Crippen molar-refractivity contribution in [2.45, 2.75) is 12.6 Å². The van der Waals surface area contributed by atoms with E-state index in [4.69, 9.17) is 27.9 Å². The molecule has 90 valence electrons. The number of imidazole rings is 1. The Morgan fingerprint density at radius 3 is 2.65 bits per heavy atom. The van der Waals surface area contributed by atoms with Gasteiger partial charge in [-0.15, -0.1) is 0 Å². The van der Waals surface area contributed by atoms with Crippen LogP contribution in [-0.4, -0.2) is 16.7 Å². The lowest BCUT2D eigenvalue weighted by atomic mass is 10.0. The van der Waals surface area contributed by atoms with Crippen LogP contribution < -0.4 is 0 Å². The number of halogens is 2. The highest BCUT2D eigenvalue weighted by Gasteiger charge is 2.30. The maximum atomic E-state index is 6.21. The summed E-state index contributed by atoms with van der Waals surface area (Å²) in [7, 11) is 1.63. The Bertz CT molecular complexity index is 513. The maximum absolute atomic E-state index is 6.21. The van der Waals surface area contributed by atoms with E-state index in [1.807, 2.05) is 23.8 Å². The molecule has 0 amide bonds. The second-order valence-electron chi connectivity index (χ2n) is 3.78. The molecule has 0 aliphatic carbocycles. The first-order valence-electron chi connectivity index (χ1n) is 5.07. The van der Waals surface area contributed by atoms with E-state index in [0.29, 0.717) is 10.0 Å². The van der Waals surface area contributed by atoms with E-state index in [-0.39, 0.29) is 0 Å². The molecule has 0 saturated carbocycles. The number of nitrogens with zero attached hydrogens (tertiary/aromatic N) is 2. The van der Waals surface area contributed by atoms with Crippen molar-refractivity contribution in [3.8, 4) is 0 Å². The molecule has 17 heavy (non-hydrogen) atoms. The number of hydrogen-bond donors (Lipinski definition) is 0. The highest BCUT2D eigenvalue weighted by Crippen LogP contribution is 2.33. The minimum absolute atomic E-state index is 0.565. The van der Waals surface area contributed by atoms with Gasteiger partial charge in [0.05, 0.1) is 11.3 Å². The van der Waals surface area contributed by atoms with Gasteiger partial charge in [0.25, 0.3) is 0 Å². The molecule has 1 aromatic heterocycles. The average Bonchev–Trinajstić information content (AvgIpc) is 2.82. The SMILES string of the molecule is COC(C)(c1ccc(Cl)cc1Cl)n1ccnc1. The van der Waals surface area contributed by atoms with Crippen molar-refractivity contribution in [2.75, 3.05) is 7.11 Å². The van der Waals surface area contributed by atoms with Gasteiger partial charge in [0.15, 0.2) is 5.72 Å². The van der Waals surface area contributed by atoms with Crippen LogP contribution >= 0.6 is 23.2 Å². The molecular formula is C12H12Cl2N2O. The molecule has 2 aromatic rings. The van der Waals surface area contributed by atoms with Crippen LogP contribution in [0.4, 0.5) is 0 Å². The van der Waals surface area contributed by atoms with Gasteiger partial charge in [-0.25, -0.2) is 4.98 Å². The van der Waals surface area contributed by atoms with Crippen molar-refractivity contribution in [3.05, 3.63) is 52.5 Å². The van der Waals surface area contributed by atoms with Crippen LogP contribution in [0.1, 0.15) is 12.5 Å². The van der Waals surface area contributed by atoms with Gasteiger partial charge in [-0.1, -0.05) is 29.3 Å². The van der Waals surface area contributed by atoms with E-state index in [2.05, 4.69) is 4.98 Å². The number of hydrogen-bond acceptors (Lipinski definition) is 2. The van der Waals surface area contributed by atoms with Gasteiger partial charge in [0.2, 0.25) is 0 Å². The second kappa shape index (κ2) is 4.69. The number of methoxy groups -OCH3 is 1. The van der Waals surface area contributed by atoms with Crippen LogP contribution in [-0.2, 0) is 10.5 Å². The van der Waals surface area contributed by atoms with Crippen LogP contribution in [0.15, 0.2) is 36.9 Å². The van der Waals surface area contributed by atoms with Crippen molar-refractivity contribution in [1.29, 1.82) is 0 Å². The largest absolute Gasteiger partial charge is 0.354 e. The standard InChI is InChI=1S/C12H12Cl2N2O/c1-12(17-2,16-6-5-15-8-16)10-4-3-9(13)7-11(10)14/h3-8H,1-2H3. The zero-order valence-electron chi connectivity index (χ0n) is 9.52. The van der Waals surface area contributed by atoms with Crippen molar-refractivity contribution in [3.63, 3.8) is 0 Å². The molecular weight excluding hydrogens is 259 g/mol. The summed E-state index contributed by atoms with van der Waals surface area (Å²) in [6.07, 6.45) is 5.21. The summed E-state index contributed by atoms with van der Waals surface area (Å²) in [6.45, 7) is 1.92. The summed E-state index contributed by atoms with van der Waals surface area (Å²) < 4.78 is 7.43. The molecule has 1 atom stereocenters. The van der Waals surface area contributed by atoms with E-state index in [1.165, 1.54) is 0 Å². The lowest BCUT2D eigenvalue weighted by Gasteiger charge is -2.30. The van der Waals surface area contributed by atoms with Gasteiger partial charge in [-0.05, 0) is 19.1 Å². The van der Waals surface area contributed by atoms with Crippen molar-refractivity contribution in [2.24, 2.45) is 0 Å². The highest BCUT2D eigenvalue weighted by atomic mass is 35.5. The van der Waals surface area contributed by atoms with Gasteiger partial charge in [-0.2, -0.15) is 0 Å². The average molecular weight is 271 g/mol. The molecule has 5 heteroatoms. The molecule has 1 unspecified atom stereocenters. The van der Waals surface area contributed by atoms with E-state index < -0.39 is 5.72 Å². The first-order chi connectivity index (χ1) is 8.08. The Morgan fingerprint density at radius 1 is 1.35 bits per heavy atom. The molecule has 2 rings (SSSR count). The highest BCUT2D eigenvalue weighted by molar-refractivity contribution is 6.35. The predicted octanol–water partition coefficient (Wildman–Crippen LogP) is 3.56. The van der Waals surface area contributed by atoms with E-state index in [0.717, 1.165) is 5.56 Å². The quantitative estimate of drug-likeness (QED) is 0.853.